The Morgan fingerprint density at radius 3 is 2.72 bits per heavy atom. The summed E-state index contributed by atoms with van der Waals surface area (Å²) in [6.45, 7) is 7.46. The summed E-state index contributed by atoms with van der Waals surface area (Å²) in [4.78, 5) is 26.3. The molecule has 1 atom stereocenters. The fourth-order valence-electron chi connectivity index (χ4n) is 1.96. The highest BCUT2D eigenvalue weighted by molar-refractivity contribution is 7.98. The van der Waals surface area contributed by atoms with Crippen LogP contribution in [0.1, 0.15) is 0 Å². The first-order chi connectivity index (χ1) is 12.1. The SMILES string of the molecule is C=C/C=C(\C=C)C(CNC)C(=O)O.O=CC1=Nc2ccccc2SN1. The number of amidine groups is 1. The van der Waals surface area contributed by atoms with Crippen molar-refractivity contribution in [2.24, 2.45) is 10.9 Å². The largest absolute Gasteiger partial charge is 0.481 e. The zero-order valence-electron chi connectivity index (χ0n) is 13.9. The van der Waals surface area contributed by atoms with Gasteiger partial charge in [-0.15, -0.1) is 0 Å². The Bertz CT molecular complexity index is 699. The summed E-state index contributed by atoms with van der Waals surface area (Å²) in [6.07, 6.45) is 5.46. The van der Waals surface area contributed by atoms with E-state index >= 15 is 0 Å². The fourth-order valence-corrected chi connectivity index (χ4v) is 2.63. The standard InChI is InChI=1S/C10H15NO2.C8H6N2OS/c1-4-6-8(5-2)9(7-11-3)10(12)13;11-5-8-9-6-3-1-2-4-7(6)12-10-8/h4-6,9,11H,1-2,7H2,3H3,(H,12,13);1-5H,(H,9,10)/b8-6+;. The molecule has 2 rings (SSSR count). The van der Waals surface area contributed by atoms with Crippen LogP contribution in [0.5, 0.6) is 0 Å². The third kappa shape index (κ3) is 6.40. The van der Waals surface area contributed by atoms with Crippen molar-refractivity contribution >= 4 is 35.7 Å². The number of carboxylic acid groups (broad SMARTS) is 1. The van der Waals surface area contributed by atoms with E-state index < -0.39 is 11.9 Å². The van der Waals surface area contributed by atoms with Crippen molar-refractivity contribution in [2.45, 2.75) is 4.90 Å². The van der Waals surface area contributed by atoms with E-state index in [1.54, 1.807) is 19.2 Å². The van der Waals surface area contributed by atoms with E-state index in [0.29, 0.717) is 24.2 Å². The molecule has 0 amide bonds. The maximum atomic E-state index is 10.8. The number of carbonyl (C=O) groups excluding carboxylic acids is 1. The van der Waals surface area contributed by atoms with Gasteiger partial charge in [-0.3, -0.25) is 9.59 Å². The Morgan fingerprint density at radius 1 is 1.44 bits per heavy atom. The Morgan fingerprint density at radius 2 is 2.16 bits per heavy atom. The number of fused-ring (bicyclic) bond motifs is 1. The van der Waals surface area contributed by atoms with E-state index in [2.05, 4.69) is 28.2 Å². The third-order valence-electron chi connectivity index (χ3n) is 3.14. The van der Waals surface area contributed by atoms with Gasteiger partial charge in [-0.1, -0.05) is 43.5 Å². The van der Waals surface area contributed by atoms with Gasteiger partial charge in [0.2, 0.25) is 0 Å². The Kier molecular flexibility index (Phi) is 8.99. The normalized spacial score (nSPS) is 13.8. The highest BCUT2D eigenvalue weighted by Crippen LogP contribution is 2.30. The molecule has 0 saturated heterocycles. The molecule has 1 heterocycles. The zero-order chi connectivity index (χ0) is 18.7. The Balaban J connectivity index is 0.000000250. The minimum absolute atomic E-state index is 0.374. The summed E-state index contributed by atoms with van der Waals surface area (Å²) in [5, 5.41) is 11.7. The predicted molar refractivity (Wildman–Crippen MR) is 102 cm³/mol. The minimum atomic E-state index is -0.859. The molecule has 1 aliphatic rings. The highest BCUT2D eigenvalue weighted by Gasteiger charge is 2.18. The molecule has 0 fully saturated rings. The molecule has 0 spiro atoms. The van der Waals surface area contributed by atoms with Crippen molar-refractivity contribution in [3.05, 3.63) is 61.2 Å². The zero-order valence-corrected chi connectivity index (χ0v) is 14.8. The van der Waals surface area contributed by atoms with Gasteiger partial charge in [0.1, 0.15) is 0 Å². The van der Waals surface area contributed by atoms with Crippen molar-refractivity contribution in [3.8, 4) is 0 Å². The first-order valence-electron chi connectivity index (χ1n) is 7.45. The summed E-state index contributed by atoms with van der Waals surface area (Å²) in [5.41, 5.74) is 1.51. The number of nitrogens with zero attached hydrogens (tertiary/aromatic N) is 1. The van der Waals surface area contributed by atoms with Gasteiger partial charge < -0.3 is 15.1 Å². The highest BCUT2D eigenvalue weighted by atomic mass is 32.2. The van der Waals surface area contributed by atoms with Crippen LogP contribution < -0.4 is 10.0 Å². The Labute approximate surface area is 151 Å². The van der Waals surface area contributed by atoms with E-state index in [4.69, 9.17) is 5.11 Å². The van der Waals surface area contributed by atoms with E-state index in [-0.39, 0.29) is 0 Å². The van der Waals surface area contributed by atoms with Crippen LogP contribution in [0.4, 0.5) is 5.69 Å². The van der Waals surface area contributed by atoms with Gasteiger partial charge in [0, 0.05) is 6.54 Å². The van der Waals surface area contributed by atoms with Gasteiger partial charge in [-0.25, -0.2) is 4.99 Å². The number of benzene rings is 1. The number of aldehydes is 1. The van der Waals surface area contributed by atoms with Crippen LogP contribution >= 0.6 is 11.9 Å². The van der Waals surface area contributed by atoms with Crippen molar-refractivity contribution in [1.29, 1.82) is 0 Å². The maximum Gasteiger partial charge on any atom is 0.312 e. The third-order valence-corrected chi connectivity index (χ3v) is 4.01. The van der Waals surface area contributed by atoms with Crippen LogP contribution in [0.3, 0.4) is 0 Å². The predicted octanol–water partition coefficient (Wildman–Crippen LogP) is 2.73. The molecule has 0 radical (unpaired) electrons. The lowest BCUT2D eigenvalue weighted by atomic mass is 9.99. The second-order valence-corrected chi connectivity index (χ2v) is 5.69. The second-order valence-electron chi connectivity index (χ2n) is 4.84. The lowest BCUT2D eigenvalue weighted by Crippen LogP contribution is -2.27. The minimum Gasteiger partial charge on any atom is -0.481 e. The lowest BCUT2D eigenvalue weighted by Gasteiger charge is -2.12. The molecule has 6 nitrogen and oxygen atoms in total. The Hall–Kier alpha value is -2.64. The molecule has 1 aromatic rings. The monoisotopic (exact) mass is 359 g/mol. The molecule has 7 heteroatoms. The summed E-state index contributed by atoms with van der Waals surface area (Å²) >= 11 is 1.41. The number of carbonyl (C=O) groups is 2. The number of para-hydroxylation sites is 1. The van der Waals surface area contributed by atoms with Gasteiger partial charge >= 0.3 is 5.97 Å². The molecule has 1 unspecified atom stereocenters. The van der Waals surface area contributed by atoms with Crippen molar-refractivity contribution in [3.63, 3.8) is 0 Å². The van der Waals surface area contributed by atoms with Gasteiger partial charge in [-0.05, 0) is 36.7 Å². The summed E-state index contributed by atoms with van der Waals surface area (Å²) in [7, 11) is 1.71. The first kappa shape index (κ1) is 20.4. The topological polar surface area (TPSA) is 90.8 Å². The molecule has 3 N–H and O–H groups in total. The number of hydrogen-bond donors (Lipinski definition) is 3. The van der Waals surface area contributed by atoms with Crippen LogP contribution in [-0.4, -0.2) is 36.8 Å². The van der Waals surface area contributed by atoms with Gasteiger partial charge in [0.25, 0.3) is 0 Å². The number of aliphatic carboxylic acids is 1. The first-order valence-corrected chi connectivity index (χ1v) is 8.27. The van der Waals surface area contributed by atoms with E-state index in [1.165, 1.54) is 18.0 Å². The average molecular weight is 359 g/mol. The van der Waals surface area contributed by atoms with E-state index in [1.807, 2.05) is 24.3 Å². The molecule has 0 aromatic heterocycles. The molecular formula is C18H21N3O3S. The molecule has 0 aliphatic carbocycles. The van der Waals surface area contributed by atoms with Gasteiger partial charge in [0.05, 0.1) is 16.5 Å². The average Bonchev–Trinajstić information content (AvgIpc) is 2.64. The van der Waals surface area contributed by atoms with Crippen LogP contribution in [0.15, 0.2) is 71.1 Å². The van der Waals surface area contributed by atoms with Crippen LogP contribution in [0, 0.1) is 5.92 Å². The molecule has 1 aromatic carbocycles. The molecule has 132 valence electrons. The summed E-state index contributed by atoms with van der Waals surface area (Å²) in [6, 6.07) is 7.68. The van der Waals surface area contributed by atoms with E-state index in [0.717, 1.165) is 10.6 Å². The lowest BCUT2D eigenvalue weighted by molar-refractivity contribution is -0.140. The molecule has 1 aliphatic heterocycles. The van der Waals surface area contributed by atoms with Gasteiger partial charge in [0.15, 0.2) is 12.1 Å². The fraction of sp³-hybridized carbons (Fsp3) is 0.167. The molecule has 0 saturated carbocycles. The van der Waals surface area contributed by atoms with Crippen molar-refractivity contribution < 1.29 is 14.7 Å². The number of hydrogen-bond acceptors (Lipinski definition) is 6. The smallest absolute Gasteiger partial charge is 0.312 e. The number of nitrogens with one attached hydrogen (secondary N) is 2. The van der Waals surface area contributed by atoms with Crippen molar-refractivity contribution in [2.75, 3.05) is 13.6 Å². The molecular weight excluding hydrogens is 338 g/mol. The van der Waals surface area contributed by atoms with Crippen LogP contribution in [0.25, 0.3) is 0 Å². The number of aliphatic imine (C=N–C) groups is 1. The molecule has 0 bridgehead atoms. The summed E-state index contributed by atoms with van der Waals surface area (Å²) < 4.78 is 2.82. The van der Waals surface area contributed by atoms with Crippen LogP contribution in [-0.2, 0) is 9.59 Å². The van der Waals surface area contributed by atoms with Crippen molar-refractivity contribution in [1.82, 2.24) is 10.0 Å². The van der Waals surface area contributed by atoms with Crippen LogP contribution in [0.2, 0.25) is 0 Å². The number of allylic oxidation sites excluding steroid dienone is 3. The maximum absolute atomic E-state index is 10.8. The van der Waals surface area contributed by atoms with E-state index in [9.17, 15) is 9.59 Å². The number of rotatable bonds is 7. The second kappa shape index (κ2) is 11.0. The summed E-state index contributed by atoms with van der Waals surface area (Å²) in [5.74, 6) is -1.04. The molecule has 25 heavy (non-hydrogen) atoms. The van der Waals surface area contributed by atoms with Gasteiger partial charge in [-0.2, -0.15) is 0 Å². The number of carboxylic acids is 1. The quantitative estimate of drug-likeness (QED) is 0.394.